The van der Waals surface area contributed by atoms with Crippen LogP contribution < -0.4 is 5.32 Å². The summed E-state index contributed by atoms with van der Waals surface area (Å²) in [5.41, 5.74) is 0.989. The Labute approximate surface area is 172 Å². The summed E-state index contributed by atoms with van der Waals surface area (Å²) in [5.74, 6) is -0.202. The van der Waals surface area contributed by atoms with Crippen LogP contribution in [-0.4, -0.2) is 52.9 Å². The molecule has 2 heterocycles. The van der Waals surface area contributed by atoms with Gasteiger partial charge in [-0.1, -0.05) is 56.5 Å². The number of nitrogens with zero attached hydrogens (tertiary/aromatic N) is 2. The minimum atomic E-state index is -0.531. The van der Waals surface area contributed by atoms with E-state index in [0.717, 1.165) is 31.2 Å². The summed E-state index contributed by atoms with van der Waals surface area (Å²) >= 11 is 0. The molecule has 0 radical (unpaired) electrons. The van der Waals surface area contributed by atoms with Crippen LogP contribution in [0.1, 0.15) is 57.4 Å². The molecule has 7 nitrogen and oxygen atoms in total. The summed E-state index contributed by atoms with van der Waals surface area (Å²) in [6.07, 6.45) is 5.95. The predicted molar refractivity (Wildman–Crippen MR) is 109 cm³/mol. The molecule has 2 bridgehead atoms. The summed E-state index contributed by atoms with van der Waals surface area (Å²) in [5, 5.41) is 4.14. The van der Waals surface area contributed by atoms with Gasteiger partial charge in [0.2, 0.25) is 5.91 Å². The predicted octanol–water partition coefficient (Wildman–Crippen LogP) is 3.04. The standard InChI is InChI=1S/C22H31N3O4/c1-2-3-4-8-11-19(26)14-23-21(27)20-13-12-18-15-24(20)22(28)25(18)29-16-17-9-6-5-7-10-17/h5-7,9-10,18,20H,2-4,8,11-16H2,1H3,(H,23,27). The van der Waals surface area contributed by atoms with Crippen molar-refractivity contribution in [1.29, 1.82) is 0 Å². The van der Waals surface area contributed by atoms with Crippen molar-refractivity contribution >= 4 is 17.7 Å². The number of rotatable bonds is 11. The SMILES string of the molecule is CCCCCCC(=O)CNC(=O)C1CCC2CN1C(=O)N2OCc1ccccc1. The lowest BCUT2D eigenvalue weighted by molar-refractivity contribution is -0.140. The van der Waals surface area contributed by atoms with Crippen molar-refractivity contribution in [1.82, 2.24) is 15.3 Å². The second-order valence-corrected chi connectivity index (χ2v) is 7.83. The van der Waals surface area contributed by atoms with Crippen LogP contribution in [0.5, 0.6) is 0 Å². The molecular weight excluding hydrogens is 370 g/mol. The highest BCUT2D eigenvalue weighted by Crippen LogP contribution is 2.30. The van der Waals surface area contributed by atoms with Gasteiger partial charge in [0.1, 0.15) is 12.6 Å². The quantitative estimate of drug-likeness (QED) is 0.578. The maximum absolute atomic E-state index is 12.7. The zero-order chi connectivity index (χ0) is 20.6. The average molecular weight is 402 g/mol. The van der Waals surface area contributed by atoms with Crippen LogP contribution in [0.25, 0.3) is 0 Å². The van der Waals surface area contributed by atoms with E-state index >= 15 is 0 Å². The van der Waals surface area contributed by atoms with Crippen molar-refractivity contribution < 1.29 is 19.2 Å². The van der Waals surface area contributed by atoms with Gasteiger partial charge in [0.05, 0.1) is 12.6 Å². The summed E-state index contributed by atoms with van der Waals surface area (Å²) in [4.78, 5) is 44.6. The molecule has 1 aromatic carbocycles. The second-order valence-electron chi connectivity index (χ2n) is 7.83. The topological polar surface area (TPSA) is 79.0 Å². The summed E-state index contributed by atoms with van der Waals surface area (Å²) in [7, 11) is 0. The number of hydrogen-bond acceptors (Lipinski definition) is 4. The fraction of sp³-hybridized carbons (Fsp3) is 0.591. The number of hydroxylamine groups is 2. The smallest absolute Gasteiger partial charge is 0.345 e. The van der Waals surface area contributed by atoms with Crippen LogP contribution in [0.4, 0.5) is 4.79 Å². The normalized spacial score (nSPS) is 20.8. The van der Waals surface area contributed by atoms with E-state index in [1.807, 2.05) is 30.3 Å². The van der Waals surface area contributed by atoms with Gasteiger partial charge in [-0.3, -0.25) is 14.4 Å². The number of amides is 3. The lowest BCUT2D eigenvalue weighted by atomic mass is 10.00. The van der Waals surface area contributed by atoms with Crippen LogP contribution in [0.2, 0.25) is 0 Å². The molecular formula is C22H31N3O4. The molecule has 2 saturated heterocycles. The minimum absolute atomic E-state index is 0.0320. The number of unbranched alkanes of at least 4 members (excludes halogenated alkanes) is 3. The van der Waals surface area contributed by atoms with Crippen LogP contribution in [0.15, 0.2) is 30.3 Å². The van der Waals surface area contributed by atoms with Gasteiger partial charge in [0.15, 0.2) is 5.78 Å². The highest BCUT2D eigenvalue weighted by Gasteiger charge is 2.47. The van der Waals surface area contributed by atoms with Crippen molar-refractivity contribution in [3.63, 3.8) is 0 Å². The first-order chi connectivity index (χ1) is 14.1. The van der Waals surface area contributed by atoms with E-state index in [1.165, 1.54) is 5.06 Å². The Morgan fingerprint density at radius 1 is 1.14 bits per heavy atom. The number of benzene rings is 1. The highest BCUT2D eigenvalue weighted by molar-refractivity contribution is 5.91. The maximum atomic E-state index is 12.7. The number of Topliss-reactive ketones (excluding diaryl/α,β-unsaturated/α-hetero) is 1. The Kier molecular flexibility index (Phi) is 7.63. The van der Waals surface area contributed by atoms with Gasteiger partial charge < -0.3 is 10.2 Å². The van der Waals surface area contributed by atoms with E-state index in [2.05, 4.69) is 12.2 Å². The fourth-order valence-corrected chi connectivity index (χ4v) is 3.93. The number of urea groups is 1. The first kappa shape index (κ1) is 21.3. The van der Waals surface area contributed by atoms with Crippen molar-refractivity contribution in [2.24, 2.45) is 0 Å². The summed E-state index contributed by atoms with van der Waals surface area (Å²) in [6, 6.07) is 8.85. The number of hydrogen-bond donors (Lipinski definition) is 1. The van der Waals surface area contributed by atoms with E-state index in [0.29, 0.717) is 32.4 Å². The number of ketones is 1. The van der Waals surface area contributed by atoms with Gasteiger partial charge in [-0.05, 0) is 24.8 Å². The van der Waals surface area contributed by atoms with Gasteiger partial charge >= 0.3 is 6.03 Å². The molecule has 2 aliphatic rings. The van der Waals surface area contributed by atoms with Crippen molar-refractivity contribution in [3.8, 4) is 0 Å². The molecule has 0 saturated carbocycles. The third-order valence-electron chi connectivity index (χ3n) is 5.61. The Morgan fingerprint density at radius 3 is 2.69 bits per heavy atom. The van der Waals surface area contributed by atoms with Gasteiger partial charge in [-0.2, -0.15) is 5.06 Å². The Balaban J connectivity index is 1.46. The Hall–Kier alpha value is -2.41. The molecule has 7 heteroatoms. The molecule has 0 aromatic heterocycles. The second kappa shape index (κ2) is 10.4. The molecule has 2 unspecified atom stereocenters. The van der Waals surface area contributed by atoms with Crippen molar-refractivity contribution in [2.45, 2.75) is 70.6 Å². The van der Waals surface area contributed by atoms with Gasteiger partial charge in [-0.15, -0.1) is 0 Å². The Morgan fingerprint density at radius 2 is 1.93 bits per heavy atom. The highest BCUT2D eigenvalue weighted by atomic mass is 16.7. The van der Waals surface area contributed by atoms with Gasteiger partial charge in [0, 0.05) is 13.0 Å². The van der Waals surface area contributed by atoms with Crippen molar-refractivity contribution in [2.75, 3.05) is 13.1 Å². The van der Waals surface area contributed by atoms with Crippen LogP contribution in [0.3, 0.4) is 0 Å². The molecule has 2 atom stereocenters. The average Bonchev–Trinajstić information content (AvgIpc) is 2.98. The third kappa shape index (κ3) is 5.56. The first-order valence-electron chi connectivity index (χ1n) is 10.7. The molecule has 3 amide bonds. The molecule has 3 rings (SSSR count). The number of nitrogens with one attached hydrogen (secondary N) is 1. The van der Waals surface area contributed by atoms with Gasteiger partial charge in [-0.25, -0.2) is 4.79 Å². The lowest BCUT2D eigenvalue weighted by Crippen LogP contribution is -2.50. The maximum Gasteiger partial charge on any atom is 0.345 e. The molecule has 29 heavy (non-hydrogen) atoms. The molecule has 0 aliphatic carbocycles. The van der Waals surface area contributed by atoms with E-state index in [1.54, 1.807) is 4.90 Å². The third-order valence-corrected chi connectivity index (χ3v) is 5.61. The molecule has 2 fully saturated rings. The van der Waals surface area contributed by atoms with E-state index in [9.17, 15) is 14.4 Å². The Bertz CT molecular complexity index is 709. The molecule has 1 aromatic rings. The monoisotopic (exact) mass is 401 g/mol. The summed E-state index contributed by atoms with van der Waals surface area (Å²) < 4.78 is 0. The zero-order valence-electron chi connectivity index (χ0n) is 17.1. The van der Waals surface area contributed by atoms with Crippen LogP contribution in [-0.2, 0) is 21.0 Å². The molecule has 0 spiro atoms. The minimum Gasteiger partial charge on any atom is -0.347 e. The van der Waals surface area contributed by atoms with Gasteiger partial charge in [0.25, 0.3) is 0 Å². The van der Waals surface area contributed by atoms with Crippen LogP contribution in [0, 0.1) is 0 Å². The first-order valence-corrected chi connectivity index (χ1v) is 10.7. The molecule has 2 aliphatic heterocycles. The van der Waals surface area contributed by atoms with Crippen LogP contribution >= 0.6 is 0 Å². The zero-order valence-corrected chi connectivity index (χ0v) is 17.1. The number of piperidine rings is 1. The molecule has 1 N–H and O–H groups in total. The van der Waals surface area contributed by atoms with E-state index in [4.69, 9.17) is 4.84 Å². The summed E-state index contributed by atoms with van der Waals surface area (Å²) in [6.45, 7) is 2.97. The van der Waals surface area contributed by atoms with Crippen molar-refractivity contribution in [3.05, 3.63) is 35.9 Å². The largest absolute Gasteiger partial charge is 0.347 e. The fourth-order valence-electron chi connectivity index (χ4n) is 3.93. The number of fused-ring (bicyclic) bond motifs is 2. The number of carbonyl (C=O) groups is 3. The number of carbonyl (C=O) groups excluding carboxylic acids is 3. The van der Waals surface area contributed by atoms with E-state index < -0.39 is 6.04 Å². The molecule has 158 valence electrons. The lowest BCUT2D eigenvalue weighted by Gasteiger charge is -2.29. The van der Waals surface area contributed by atoms with E-state index in [-0.39, 0.29) is 30.3 Å².